The van der Waals surface area contributed by atoms with Gasteiger partial charge in [0.1, 0.15) is 0 Å². The van der Waals surface area contributed by atoms with E-state index in [0.29, 0.717) is 25.5 Å². The Balaban J connectivity index is 1.54. The number of piperidine rings is 1. The van der Waals surface area contributed by atoms with Crippen LogP contribution >= 0.6 is 0 Å². The maximum Gasteiger partial charge on any atom is 0.253 e. The maximum absolute atomic E-state index is 12.5. The molecule has 0 saturated carbocycles. The number of likely N-dealkylation sites (tertiary alicyclic amines) is 2. The van der Waals surface area contributed by atoms with E-state index in [4.69, 9.17) is 4.74 Å². The van der Waals surface area contributed by atoms with E-state index in [1.807, 2.05) is 34.1 Å². The molecular weight excluding hydrogens is 316 g/mol. The van der Waals surface area contributed by atoms with Gasteiger partial charge in [0.2, 0.25) is 5.91 Å². The summed E-state index contributed by atoms with van der Waals surface area (Å²) in [6.07, 6.45) is 4.94. The highest BCUT2D eigenvalue weighted by molar-refractivity contribution is 5.94. The Bertz CT molecular complexity index is 593. The number of ether oxygens (including phenoxy) is 1. The van der Waals surface area contributed by atoms with Gasteiger partial charge in [0.15, 0.2) is 0 Å². The largest absolute Gasteiger partial charge is 0.383 e. The van der Waals surface area contributed by atoms with Crippen molar-refractivity contribution in [3.63, 3.8) is 0 Å². The van der Waals surface area contributed by atoms with E-state index < -0.39 is 0 Å². The predicted octanol–water partition coefficient (Wildman–Crippen LogP) is 2.35. The molecule has 0 aromatic heterocycles. The molecule has 1 aromatic rings. The Morgan fingerprint density at radius 2 is 1.88 bits per heavy atom. The van der Waals surface area contributed by atoms with Gasteiger partial charge < -0.3 is 14.5 Å². The molecule has 2 heterocycles. The van der Waals surface area contributed by atoms with Crippen LogP contribution in [0.25, 0.3) is 0 Å². The van der Waals surface area contributed by atoms with E-state index in [2.05, 4.69) is 0 Å². The van der Waals surface area contributed by atoms with E-state index in [9.17, 15) is 9.59 Å². The van der Waals surface area contributed by atoms with Crippen molar-refractivity contribution in [3.05, 3.63) is 35.4 Å². The van der Waals surface area contributed by atoms with Crippen molar-refractivity contribution in [2.45, 2.75) is 32.1 Å². The number of hydrogen-bond acceptors (Lipinski definition) is 3. The molecule has 0 radical (unpaired) electrons. The lowest BCUT2D eigenvalue weighted by molar-refractivity contribution is -0.128. The zero-order valence-corrected chi connectivity index (χ0v) is 15.1. The number of nitrogens with zero attached hydrogens (tertiary/aromatic N) is 2. The fraction of sp³-hybridized carbons (Fsp3) is 0.600. The predicted molar refractivity (Wildman–Crippen MR) is 96.5 cm³/mol. The van der Waals surface area contributed by atoms with Gasteiger partial charge >= 0.3 is 0 Å². The average Bonchev–Trinajstić information content (AvgIpc) is 3.00. The SMILES string of the molecule is COCCN1C[C@@H](Cc2ccc(C(=O)N3CCCCC3)cc2)CC1=O. The Morgan fingerprint density at radius 1 is 1.16 bits per heavy atom. The molecule has 2 aliphatic rings. The lowest BCUT2D eigenvalue weighted by Crippen LogP contribution is -2.35. The molecule has 1 aromatic carbocycles. The second-order valence-corrected chi connectivity index (χ2v) is 7.16. The fourth-order valence-electron chi connectivity index (χ4n) is 3.80. The van der Waals surface area contributed by atoms with Gasteiger partial charge in [-0.25, -0.2) is 0 Å². The third kappa shape index (κ3) is 4.60. The number of amides is 2. The quantitative estimate of drug-likeness (QED) is 0.796. The number of hydrogen-bond donors (Lipinski definition) is 0. The van der Waals surface area contributed by atoms with Crippen LogP contribution in [0, 0.1) is 5.92 Å². The normalized spacial score (nSPS) is 21.0. The molecule has 25 heavy (non-hydrogen) atoms. The summed E-state index contributed by atoms with van der Waals surface area (Å²) in [5.74, 6) is 0.722. The van der Waals surface area contributed by atoms with Gasteiger partial charge in [-0.1, -0.05) is 12.1 Å². The first-order valence-corrected chi connectivity index (χ1v) is 9.32. The van der Waals surface area contributed by atoms with Crippen LogP contribution in [0.5, 0.6) is 0 Å². The first-order chi connectivity index (χ1) is 12.2. The summed E-state index contributed by atoms with van der Waals surface area (Å²) in [7, 11) is 1.66. The molecule has 5 heteroatoms. The van der Waals surface area contributed by atoms with Crippen LogP contribution in [0.2, 0.25) is 0 Å². The molecule has 0 N–H and O–H groups in total. The highest BCUT2D eigenvalue weighted by Crippen LogP contribution is 2.22. The minimum atomic E-state index is 0.146. The van der Waals surface area contributed by atoms with Crippen molar-refractivity contribution < 1.29 is 14.3 Å². The van der Waals surface area contributed by atoms with Gasteiger partial charge in [-0.05, 0) is 49.3 Å². The summed E-state index contributed by atoms with van der Waals surface area (Å²) in [5.41, 5.74) is 1.97. The number of benzene rings is 1. The summed E-state index contributed by atoms with van der Waals surface area (Å²) >= 11 is 0. The molecule has 2 aliphatic heterocycles. The lowest BCUT2D eigenvalue weighted by Gasteiger charge is -2.26. The molecule has 2 fully saturated rings. The van der Waals surface area contributed by atoms with Crippen molar-refractivity contribution in [2.24, 2.45) is 5.92 Å². The lowest BCUT2D eigenvalue weighted by atomic mass is 9.97. The minimum absolute atomic E-state index is 0.146. The molecule has 1 atom stereocenters. The molecule has 0 unspecified atom stereocenters. The Labute approximate surface area is 149 Å². The number of rotatable bonds is 6. The minimum Gasteiger partial charge on any atom is -0.383 e. The molecule has 5 nitrogen and oxygen atoms in total. The highest BCUT2D eigenvalue weighted by atomic mass is 16.5. The van der Waals surface area contributed by atoms with Crippen LogP contribution in [0.1, 0.15) is 41.6 Å². The zero-order valence-electron chi connectivity index (χ0n) is 15.1. The van der Waals surface area contributed by atoms with Crippen LogP contribution in [-0.2, 0) is 16.0 Å². The number of carbonyl (C=O) groups is 2. The van der Waals surface area contributed by atoms with Crippen LogP contribution in [-0.4, -0.2) is 61.5 Å². The molecule has 0 spiro atoms. The molecule has 2 saturated heterocycles. The van der Waals surface area contributed by atoms with Crippen molar-refractivity contribution in [2.75, 3.05) is 39.9 Å². The molecular formula is C20H28N2O3. The average molecular weight is 344 g/mol. The van der Waals surface area contributed by atoms with Crippen LogP contribution in [0.3, 0.4) is 0 Å². The molecule has 0 aliphatic carbocycles. The Hall–Kier alpha value is -1.88. The first kappa shape index (κ1) is 17.9. The van der Waals surface area contributed by atoms with E-state index in [1.165, 1.54) is 12.0 Å². The van der Waals surface area contributed by atoms with Crippen molar-refractivity contribution in [1.29, 1.82) is 0 Å². The molecule has 3 rings (SSSR count). The fourth-order valence-corrected chi connectivity index (χ4v) is 3.80. The molecule has 136 valence electrons. The summed E-state index contributed by atoms with van der Waals surface area (Å²) < 4.78 is 5.06. The molecule has 2 amide bonds. The van der Waals surface area contributed by atoms with E-state index in [1.54, 1.807) is 7.11 Å². The van der Waals surface area contributed by atoms with Gasteiger partial charge in [-0.3, -0.25) is 9.59 Å². The third-order valence-corrected chi connectivity index (χ3v) is 5.23. The highest BCUT2D eigenvalue weighted by Gasteiger charge is 2.29. The topological polar surface area (TPSA) is 49.9 Å². The van der Waals surface area contributed by atoms with E-state index in [-0.39, 0.29) is 11.8 Å². The van der Waals surface area contributed by atoms with E-state index in [0.717, 1.165) is 44.5 Å². The maximum atomic E-state index is 12.5. The summed E-state index contributed by atoms with van der Waals surface area (Å²) in [4.78, 5) is 28.4. The molecule has 0 bridgehead atoms. The van der Waals surface area contributed by atoms with Gasteiger partial charge in [-0.15, -0.1) is 0 Å². The third-order valence-electron chi connectivity index (χ3n) is 5.23. The monoisotopic (exact) mass is 344 g/mol. The van der Waals surface area contributed by atoms with Gasteiger partial charge in [-0.2, -0.15) is 0 Å². The van der Waals surface area contributed by atoms with Crippen LogP contribution < -0.4 is 0 Å². The number of methoxy groups -OCH3 is 1. The smallest absolute Gasteiger partial charge is 0.253 e. The Kier molecular flexibility index (Phi) is 6.08. The summed E-state index contributed by atoms with van der Waals surface area (Å²) in [5, 5.41) is 0. The van der Waals surface area contributed by atoms with Gasteiger partial charge in [0.05, 0.1) is 6.61 Å². The van der Waals surface area contributed by atoms with Crippen molar-refractivity contribution in [3.8, 4) is 0 Å². The van der Waals surface area contributed by atoms with Crippen LogP contribution in [0.15, 0.2) is 24.3 Å². The zero-order chi connectivity index (χ0) is 17.6. The Morgan fingerprint density at radius 3 is 2.56 bits per heavy atom. The van der Waals surface area contributed by atoms with E-state index >= 15 is 0 Å². The second kappa shape index (κ2) is 8.48. The summed E-state index contributed by atoms with van der Waals surface area (Å²) in [6, 6.07) is 7.95. The van der Waals surface area contributed by atoms with Gasteiger partial charge in [0, 0.05) is 45.3 Å². The number of carbonyl (C=O) groups excluding carboxylic acids is 2. The second-order valence-electron chi connectivity index (χ2n) is 7.16. The van der Waals surface area contributed by atoms with Gasteiger partial charge in [0.25, 0.3) is 5.91 Å². The standard InChI is InChI=1S/C20H28N2O3/c1-25-12-11-22-15-17(14-19(22)23)13-16-5-7-18(8-6-16)20(24)21-9-3-2-4-10-21/h5-8,17H,2-4,9-15H2,1H3/t17-/m0/s1. The van der Waals surface area contributed by atoms with Crippen LogP contribution in [0.4, 0.5) is 0 Å². The van der Waals surface area contributed by atoms with Crippen molar-refractivity contribution in [1.82, 2.24) is 9.80 Å². The summed E-state index contributed by atoms with van der Waals surface area (Å²) in [6.45, 7) is 3.82. The van der Waals surface area contributed by atoms with Crippen molar-refractivity contribution >= 4 is 11.8 Å². The first-order valence-electron chi connectivity index (χ1n) is 9.32.